The van der Waals surface area contributed by atoms with Crippen LogP contribution in [0.1, 0.15) is 46.7 Å². The van der Waals surface area contributed by atoms with Crippen molar-refractivity contribution in [2.24, 2.45) is 5.92 Å². The van der Waals surface area contributed by atoms with Gasteiger partial charge < -0.3 is 5.11 Å². The fourth-order valence-electron chi connectivity index (χ4n) is 4.21. The SMILES string of the molecule is O=C(O)CC1C[C@H](c2ccc(C(F)(F)F)cc2)N(Cc2cc(C(F)(F)F)ccc2C(F)(F)F)C1. The Morgan fingerprint density at radius 3 is 1.91 bits per heavy atom. The maximum Gasteiger partial charge on any atom is 0.416 e. The van der Waals surface area contributed by atoms with Gasteiger partial charge in [0.05, 0.1) is 16.7 Å². The highest BCUT2D eigenvalue weighted by atomic mass is 19.4. The first-order valence-corrected chi connectivity index (χ1v) is 9.96. The van der Waals surface area contributed by atoms with Crippen LogP contribution in [0.5, 0.6) is 0 Å². The Morgan fingerprint density at radius 1 is 0.853 bits per heavy atom. The largest absolute Gasteiger partial charge is 0.481 e. The van der Waals surface area contributed by atoms with Gasteiger partial charge in [-0.1, -0.05) is 12.1 Å². The van der Waals surface area contributed by atoms with Crippen molar-refractivity contribution < 1.29 is 49.4 Å². The molecule has 1 heterocycles. The molecule has 3 rings (SSSR count). The molecule has 1 fully saturated rings. The van der Waals surface area contributed by atoms with Gasteiger partial charge in [-0.25, -0.2) is 0 Å². The lowest BCUT2D eigenvalue weighted by atomic mass is 9.96. The number of halogens is 9. The minimum atomic E-state index is -4.94. The molecule has 0 aromatic heterocycles. The monoisotopic (exact) mass is 499 g/mol. The van der Waals surface area contributed by atoms with Crippen LogP contribution in [0.4, 0.5) is 39.5 Å². The minimum absolute atomic E-state index is 0.0501. The summed E-state index contributed by atoms with van der Waals surface area (Å²) in [5, 5.41) is 9.09. The smallest absolute Gasteiger partial charge is 0.416 e. The summed E-state index contributed by atoms with van der Waals surface area (Å²) in [4.78, 5) is 12.5. The molecule has 0 radical (unpaired) electrons. The Balaban J connectivity index is 1.99. The molecular weight excluding hydrogens is 481 g/mol. The van der Waals surface area contributed by atoms with Gasteiger partial charge in [0.15, 0.2) is 0 Å². The number of aliphatic carboxylic acids is 1. The molecule has 12 heteroatoms. The molecule has 1 aliphatic heterocycles. The maximum absolute atomic E-state index is 13.5. The van der Waals surface area contributed by atoms with E-state index in [-0.39, 0.29) is 19.4 Å². The third-order valence-electron chi connectivity index (χ3n) is 5.69. The van der Waals surface area contributed by atoms with Gasteiger partial charge >= 0.3 is 24.5 Å². The zero-order valence-electron chi connectivity index (χ0n) is 17.2. The second-order valence-electron chi connectivity index (χ2n) is 8.13. The van der Waals surface area contributed by atoms with E-state index in [0.717, 1.165) is 24.3 Å². The number of carboxylic acid groups (broad SMARTS) is 1. The van der Waals surface area contributed by atoms with Crippen molar-refractivity contribution in [2.45, 2.75) is 44.0 Å². The van der Waals surface area contributed by atoms with E-state index in [4.69, 9.17) is 5.11 Å². The van der Waals surface area contributed by atoms with Crippen molar-refractivity contribution in [3.05, 3.63) is 70.3 Å². The van der Waals surface area contributed by atoms with Crippen LogP contribution in [-0.2, 0) is 29.9 Å². The van der Waals surface area contributed by atoms with Gasteiger partial charge in [0.1, 0.15) is 0 Å². The fourth-order valence-corrected chi connectivity index (χ4v) is 4.21. The van der Waals surface area contributed by atoms with E-state index in [0.29, 0.717) is 23.8 Å². The first-order valence-electron chi connectivity index (χ1n) is 9.96. The van der Waals surface area contributed by atoms with Gasteiger partial charge in [-0.05, 0) is 53.8 Å². The van der Waals surface area contributed by atoms with Crippen molar-refractivity contribution >= 4 is 5.97 Å². The Bertz CT molecular complexity index is 1030. The van der Waals surface area contributed by atoms with Gasteiger partial charge in [0.25, 0.3) is 0 Å². The van der Waals surface area contributed by atoms with E-state index in [1.165, 1.54) is 4.90 Å². The third-order valence-corrected chi connectivity index (χ3v) is 5.69. The molecule has 0 amide bonds. The van der Waals surface area contributed by atoms with E-state index in [9.17, 15) is 44.3 Å². The van der Waals surface area contributed by atoms with Crippen LogP contribution in [0.25, 0.3) is 0 Å². The summed E-state index contributed by atoms with van der Waals surface area (Å²) in [6.07, 6.45) is -14.7. The van der Waals surface area contributed by atoms with Crippen LogP contribution in [0.2, 0.25) is 0 Å². The molecule has 34 heavy (non-hydrogen) atoms. The summed E-state index contributed by atoms with van der Waals surface area (Å²) in [6, 6.07) is 4.17. The second kappa shape index (κ2) is 9.12. The molecule has 3 nitrogen and oxygen atoms in total. The zero-order valence-corrected chi connectivity index (χ0v) is 17.2. The molecule has 2 aromatic rings. The Morgan fingerprint density at radius 2 is 1.41 bits per heavy atom. The number of carboxylic acids is 1. The summed E-state index contributed by atoms with van der Waals surface area (Å²) in [6.45, 7) is -0.647. The summed E-state index contributed by atoms with van der Waals surface area (Å²) >= 11 is 0. The third kappa shape index (κ3) is 6.02. The number of nitrogens with zero attached hydrogens (tertiary/aromatic N) is 1. The normalized spacial score (nSPS) is 20.0. The average molecular weight is 499 g/mol. The highest BCUT2D eigenvalue weighted by Crippen LogP contribution is 2.42. The van der Waals surface area contributed by atoms with Crippen LogP contribution in [0.15, 0.2) is 42.5 Å². The van der Waals surface area contributed by atoms with Gasteiger partial charge in [0, 0.05) is 25.6 Å². The first-order chi connectivity index (χ1) is 15.6. The van der Waals surface area contributed by atoms with Gasteiger partial charge in [-0.2, -0.15) is 39.5 Å². The predicted octanol–water partition coefficient (Wildman–Crippen LogP) is 6.78. The van der Waals surface area contributed by atoms with Crippen molar-refractivity contribution in [3.63, 3.8) is 0 Å². The summed E-state index contributed by atoms with van der Waals surface area (Å²) < 4.78 is 119. The van der Waals surface area contributed by atoms with Gasteiger partial charge in [-0.3, -0.25) is 9.69 Å². The Kier molecular flexibility index (Phi) is 6.94. The van der Waals surface area contributed by atoms with Crippen LogP contribution in [0, 0.1) is 5.92 Å². The quantitative estimate of drug-likeness (QED) is 0.461. The predicted molar refractivity (Wildman–Crippen MR) is 101 cm³/mol. The summed E-state index contributed by atoms with van der Waals surface area (Å²) in [7, 11) is 0. The molecule has 1 unspecified atom stereocenters. The molecular formula is C22H18F9NO2. The zero-order chi connectivity index (χ0) is 25.5. The summed E-state index contributed by atoms with van der Waals surface area (Å²) in [5.41, 5.74) is -3.85. The lowest BCUT2D eigenvalue weighted by Crippen LogP contribution is -2.26. The summed E-state index contributed by atoms with van der Waals surface area (Å²) in [5.74, 6) is -1.72. The lowest BCUT2D eigenvalue weighted by Gasteiger charge is -2.27. The van der Waals surface area contributed by atoms with E-state index in [2.05, 4.69) is 0 Å². The number of rotatable bonds is 5. The molecule has 0 bridgehead atoms. The van der Waals surface area contributed by atoms with Crippen LogP contribution in [0.3, 0.4) is 0 Å². The van der Waals surface area contributed by atoms with Crippen molar-refractivity contribution in [2.75, 3.05) is 6.54 Å². The Hall–Kier alpha value is -2.76. The van der Waals surface area contributed by atoms with Crippen molar-refractivity contribution in [1.82, 2.24) is 4.90 Å². The van der Waals surface area contributed by atoms with Crippen molar-refractivity contribution in [1.29, 1.82) is 0 Å². The number of hydrogen-bond donors (Lipinski definition) is 1. The van der Waals surface area contributed by atoms with E-state index in [1.807, 2.05) is 0 Å². The second-order valence-corrected chi connectivity index (χ2v) is 8.13. The topological polar surface area (TPSA) is 40.5 Å². The molecule has 1 N–H and O–H groups in total. The number of hydrogen-bond acceptors (Lipinski definition) is 2. The molecule has 0 saturated carbocycles. The van der Waals surface area contributed by atoms with Crippen LogP contribution >= 0.6 is 0 Å². The van der Waals surface area contributed by atoms with E-state index < -0.39 is 65.3 Å². The Labute approximate surface area is 187 Å². The number of benzene rings is 2. The van der Waals surface area contributed by atoms with Gasteiger partial charge in [0.2, 0.25) is 0 Å². The molecule has 2 atom stereocenters. The van der Waals surface area contributed by atoms with Gasteiger partial charge in [-0.15, -0.1) is 0 Å². The number of carbonyl (C=O) groups is 1. The lowest BCUT2D eigenvalue weighted by molar-refractivity contribution is -0.142. The average Bonchev–Trinajstić information content (AvgIpc) is 3.07. The number of likely N-dealkylation sites (tertiary alicyclic amines) is 1. The van der Waals surface area contributed by atoms with E-state index >= 15 is 0 Å². The van der Waals surface area contributed by atoms with Crippen molar-refractivity contribution in [3.8, 4) is 0 Å². The molecule has 186 valence electrons. The fraction of sp³-hybridized carbons (Fsp3) is 0.409. The minimum Gasteiger partial charge on any atom is -0.481 e. The van der Waals surface area contributed by atoms with E-state index in [1.54, 1.807) is 0 Å². The molecule has 0 aliphatic carbocycles. The number of alkyl halides is 9. The first kappa shape index (κ1) is 25.9. The molecule has 0 spiro atoms. The van der Waals surface area contributed by atoms with Crippen LogP contribution in [-0.4, -0.2) is 22.5 Å². The van der Waals surface area contributed by atoms with Crippen LogP contribution < -0.4 is 0 Å². The molecule has 1 saturated heterocycles. The molecule has 1 aliphatic rings. The standard InChI is InChI=1S/C22H18F9NO2/c23-20(24,25)15-3-1-13(2-4-15)18-7-12(8-19(33)34)10-32(18)11-14-9-16(21(26,27)28)5-6-17(14)22(29,30)31/h1-6,9,12,18H,7-8,10-11H2,(H,33,34)/t12?,18-/m1/s1. The highest BCUT2D eigenvalue weighted by molar-refractivity contribution is 5.67. The molecule has 2 aromatic carbocycles. The maximum atomic E-state index is 13.5. The highest BCUT2D eigenvalue weighted by Gasteiger charge is 2.40.